The van der Waals surface area contributed by atoms with E-state index in [4.69, 9.17) is 0 Å². The Morgan fingerprint density at radius 1 is 1.00 bits per heavy atom. The number of benzene rings is 2. The number of ether oxygens (including phenoxy) is 1. The highest BCUT2D eigenvalue weighted by Crippen LogP contribution is 2.37. The van der Waals surface area contributed by atoms with E-state index in [1.165, 1.54) is 19.2 Å². The summed E-state index contributed by atoms with van der Waals surface area (Å²) in [7, 11) is 1.20. The molecule has 0 bridgehead atoms. The molecule has 0 saturated heterocycles. The number of carbonyl (C=O) groups excluding carboxylic acids is 3. The molecule has 6 heteroatoms. The summed E-state index contributed by atoms with van der Waals surface area (Å²) in [5.41, 5.74) is 2.58. The molecule has 0 spiro atoms. The minimum Gasteiger partial charge on any atom is -0.469 e. The first kappa shape index (κ1) is 20.5. The molecule has 3 aromatic rings. The summed E-state index contributed by atoms with van der Waals surface area (Å²) < 4.78 is 19.9. The Bertz CT molecular complexity index is 1080. The van der Waals surface area contributed by atoms with Crippen molar-refractivity contribution in [2.24, 2.45) is 0 Å². The molecule has 0 N–H and O–H groups in total. The third-order valence-electron chi connectivity index (χ3n) is 4.75. The molecule has 0 fully saturated rings. The van der Waals surface area contributed by atoms with E-state index in [9.17, 15) is 18.8 Å². The van der Waals surface area contributed by atoms with E-state index in [1.54, 1.807) is 12.1 Å². The zero-order chi connectivity index (χ0) is 21.1. The van der Waals surface area contributed by atoms with Crippen LogP contribution >= 0.6 is 0 Å². The predicted octanol–water partition coefficient (Wildman–Crippen LogP) is 4.73. The molecule has 1 aromatic heterocycles. The second-order valence-electron chi connectivity index (χ2n) is 7.10. The molecule has 2 aromatic carbocycles. The van der Waals surface area contributed by atoms with Gasteiger partial charge in [0.1, 0.15) is 12.2 Å². The summed E-state index contributed by atoms with van der Waals surface area (Å²) in [5.74, 6) is -1.94. The van der Waals surface area contributed by atoms with Gasteiger partial charge in [-0.15, -0.1) is 0 Å². The minimum atomic E-state index is -0.675. The van der Waals surface area contributed by atoms with Crippen molar-refractivity contribution in [2.45, 2.75) is 32.7 Å². The Kier molecular flexibility index (Phi) is 5.92. The fraction of sp³-hybridized carbons (Fsp3) is 0.261. The second-order valence-corrected chi connectivity index (χ2v) is 7.10. The van der Waals surface area contributed by atoms with Crippen LogP contribution in [0.5, 0.6) is 0 Å². The number of para-hydroxylation sites is 1. The smallest absolute Gasteiger partial charge is 0.313 e. The van der Waals surface area contributed by atoms with Crippen LogP contribution in [0.15, 0.2) is 48.5 Å². The highest BCUT2D eigenvalue weighted by atomic mass is 19.1. The van der Waals surface area contributed by atoms with Crippen molar-refractivity contribution in [3.05, 3.63) is 60.0 Å². The van der Waals surface area contributed by atoms with Crippen molar-refractivity contribution in [3.63, 3.8) is 0 Å². The number of methoxy groups -OCH3 is 1. The Morgan fingerprint density at radius 3 is 2.28 bits per heavy atom. The summed E-state index contributed by atoms with van der Waals surface area (Å²) in [4.78, 5) is 36.8. The van der Waals surface area contributed by atoms with Gasteiger partial charge in [0.25, 0.3) is 0 Å². The van der Waals surface area contributed by atoms with E-state index in [2.05, 4.69) is 4.74 Å². The van der Waals surface area contributed by atoms with Crippen molar-refractivity contribution < 1.29 is 23.5 Å². The van der Waals surface area contributed by atoms with Crippen LogP contribution < -0.4 is 0 Å². The lowest BCUT2D eigenvalue weighted by Crippen LogP contribution is -2.17. The molecule has 1 heterocycles. The molecule has 0 radical (unpaired) electrons. The molecule has 0 aliphatic rings. The molecule has 0 aliphatic heterocycles. The normalized spacial score (nSPS) is 11.1. The van der Waals surface area contributed by atoms with Crippen LogP contribution in [0.4, 0.5) is 4.39 Å². The molecule has 0 aliphatic carbocycles. The Labute approximate surface area is 168 Å². The van der Waals surface area contributed by atoms with E-state index in [0.717, 1.165) is 10.9 Å². The van der Waals surface area contributed by atoms with E-state index in [-0.39, 0.29) is 17.6 Å². The number of halogens is 1. The van der Waals surface area contributed by atoms with E-state index >= 15 is 0 Å². The highest BCUT2D eigenvalue weighted by molar-refractivity contribution is 6.17. The van der Waals surface area contributed by atoms with Gasteiger partial charge < -0.3 is 9.30 Å². The van der Waals surface area contributed by atoms with Gasteiger partial charge in [0.15, 0.2) is 11.6 Å². The van der Waals surface area contributed by atoms with Gasteiger partial charge in [0.2, 0.25) is 0 Å². The summed E-state index contributed by atoms with van der Waals surface area (Å²) in [6.45, 7) is 3.90. The zero-order valence-corrected chi connectivity index (χ0v) is 16.6. The van der Waals surface area contributed by atoms with Crippen molar-refractivity contribution in [3.8, 4) is 11.1 Å². The maximum Gasteiger partial charge on any atom is 0.313 e. The quantitative estimate of drug-likeness (QED) is 0.329. The van der Waals surface area contributed by atoms with Crippen LogP contribution in [0.1, 0.15) is 43.2 Å². The predicted molar refractivity (Wildman–Crippen MR) is 108 cm³/mol. The zero-order valence-electron chi connectivity index (χ0n) is 16.6. The average Bonchev–Trinajstić information content (AvgIpc) is 3.04. The number of ketones is 2. The van der Waals surface area contributed by atoms with Crippen molar-refractivity contribution in [1.82, 2.24) is 4.57 Å². The lowest BCUT2D eigenvalue weighted by Gasteiger charge is -2.15. The third-order valence-corrected chi connectivity index (χ3v) is 4.75. The van der Waals surface area contributed by atoms with Crippen LogP contribution in [-0.4, -0.2) is 29.2 Å². The monoisotopic (exact) mass is 395 g/mol. The van der Waals surface area contributed by atoms with E-state index in [1.807, 2.05) is 42.7 Å². The van der Waals surface area contributed by atoms with Gasteiger partial charge in [-0.05, 0) is 37.6 Å². The summed E-state index contributed by atoms with van der Waals surface area (Å²) in [6, 6.07) is 13.4. The lowest BCUT2D eigenvalue weighted by molar-refractivity contribution is -0.143. The number of Topliss-reactive ketones (excluding diaryl/α,β-unsaturated/α-hetero) is 2. The first-order valence-electron chi connectivity index (χ1n) is 9.34. The number of hydrogen-bond donors (Lipinski definition) is 0. The van der Waals surface area contributed by atoms with Gasteiger partial charge >= 0.3 is 5.97 Å². The number of carbonyl (C=O) groups is 3. The van der Waals surface area contributed by atoms with Gasteiger partial charge in [-0.3, -0.25) is 14.4 Å². The summed E-state index contributed by atoms with van der Waals surface area (Å²) in [6.07, 6.45) is -0.859. The van der Waals surface area contributed by atoms with Gasteiger partial charge in [0, 0.05) is 22.5 Å². The average molecular weight is 395 g/mol. The van der Waals surface area contributed by atoms with Gasteiger partial charge in [-0.2, -0.15) is 0 Å². The molecule has 0 amide bonds. The highest BCUT2D eigenvalue weighted by Gasteiger charge is 2.26. The molecule has 3 rings (SSSR count). The molecular formula is C23H22FNO4. The Hall–Kier alpha value is -3.28. The van der Waals surface area contributed by atoms with Gasteiger partial charge in [-0.1, -0.05) is 30.3 Å². The topological polar surface area (TPSA) is 65.4 Å². The standard InChI is InChI=1S/C23H22FNO4/c1-14(2)25-19-7-5-4-6-18(19)22(15-8-10-16(24)11-9-15)23(25)20(27)12-17(26)13-21(28)29-3/h4-11,14H,12-13H2,1-3H3. The molecule has 29 heavy (non-hydrogen) atoms. The maximum absolute atomic E-state index is 13.5. The molecular weight excluding hydrogens is 373 g/mol. The molecule has 150 valence electrons. The maximum atomic E-state index is 13.5. The van der Waals surface area contributed by atoms with Gasteiger partial charge in [0.05, 0.1) is 19.2 Å². The second kappa shape index (κ2) is 8.39. The number of fused-ring (bicyclic) bond motifs is 1. The largest absolute Gasteiger partial charge is 0.469 e. The van der Waals surface area contributed by atoms with Crippen molar-refractivity contribution in [2.75, 3.05) is 7.11 Å². The number of rotatable bonds is 7. The van der Waals surface area contributed by atoms with Gasteiger partial charge in [-0.25, -0.2) is 4.39 Å². The first-order chi connectivity index (χ1) is 13.8. The van der Waals surface area contributed by atoms with E-state index < -0.39 is 24.6 Å². The Balaban J connectivity index is 2.18. The van der Waals surface area contributed by atoms with Crippen molar-refractivity contribution >= 4 is 28.4 Å². The van der Waals surface area contributed by atoms with Crippen LogP contribution in [0, 0.1) is 5.82 Å². The summed E-state index contributed by atoms with van der Waals surface area (Å²) in [5, 5.41) is 0.844. The number of aromatic nitrogens is 1. The molecule has 0 saturated carbocycles. The number of hydrogen-bond acceptors (Lipinski definition) is 4. The third kappa shape index (κ3) is 4.11. The first-order valence-corrected chi connectivity index (χ1v) is 9.34. The lowest BCUT2D eigenvalue weighted by atomic mass is 9.98. The van der Waals surface area contributed by atoms with Crippen molar-refractivity contribution in [1.29, 1.82) is 0 Å². The number of esters is 1. The SMILES string of the molecule is COC(=O)CC(=O)CC(=O)c1c(-c2ccc(F)cc2)c2ccccc2n1C(C)C. The molecule has 0 unspecified atom stereocenters. The van der Waals surface area contributed by atoms with E-state index in [0.29, 0.717) is 16.8 Å². The van der Waals surface area contributed by atoms with Crippen LogP contribution in [-0.2, 0) is 14.3 Å². The molecule has 0 atom stereocenters. The van der Waals surface area contributed by atoms with Crippen LogP contribution in [0.25, 0.3) is 22.0 Å². The number of nitrogens with zero attached hydrogens (tertiary/aromatic N) is 1. The Morgan fingerprint density at radius 2 is 1.66 bits per heavy atom. The van der Waals surface area contributed by atoms with Crippen LogP contribution in [0.3, 0.4) is 0 Å². The summed E-state index contributed by atoms with van der Waals surface area (Å²) >= 11 is 0. The molecule has 5 nitrogen and oxygen atoms in total. The fourth-order valence-electron chi connectivity index (χ4n) is 3.54. The fourth-order valence-corrected chi connectivity index (χ4v) is 3.54. The van der Waals surface area contributed by atoms with Crippen LogP contribution in [0.2, 0.25) is 0 Å². The minimum absolute atomic E-state index is 0.0521.